The predicted molar refractivity (Wildman–Crippen MR) is 169 cm³/mol. The number of benzene rings is 4. The van der Waals surface area contributed by atoms with Gasteiger partial charge < -0.3 is 9.47 Å². The first-order chi connectivity index (χ1) is 21.6. The van der Waals surface area contributed by atoms with Crippen LogP contribution in [-0.4, -0.2) is 17.1 Å². The maximum atomic E-state index is 14.0. The zero-order valence-electron chi connectivity index (χ0n) is 23.8. The van der Waals surface area contributed by atoms with Crippen molar-refractivity contribution in [1.29, 1.82) is 5.26 Å². The predicted octanol–water partition coefficient (Wildman–Crippen LogP) is 5.39. The fourth-order valence-electron chi connectivity index (χ4n) is 5.04. The van der Waals surface area contributed by atoms with Crippen LogP contribution in [0.2, 0.25) is 0 Å². The van der Waals surface area contributed by atoms with Crippen molar-refractivity contribution < 1.29 is 14.3 Å². The molecule has 44 heavy (non-hydrogen) atoms. The van der Waals surface area contributed by atoms with Crippen LogP contribution in [-0.2, 0) is 16.1 Å². The van der Waals surface area contributed by atoms with Crippen LogP contribution in [0, 0.1) is 11.3 Å². The molecule has 0 unspecified atom stereocenters. The molecular formula is C36H27N3O4S. The number of hydrogen-bond donors (Lipinski definition) is 0. The first kappa shape index (κ1) is 28.6. The molecule has 1 atom stereocenters. The molecule has 0 saturated carbocycles. The minimum atomic E-state index is -0.707. The van der Waals surface area contributed by atoms with Crippen molar-refractivity contribution in [2.45, 2.75) is 19.6 Å². The van der Waals surface area contributed by atoms with E-state index in [-0.39, 0.29) is 12.2 Å². The van der Waals surface area contributed by atoms with Crippen LogP contribution < -0.4 is 19.6 Å². The molecule has 0 fully saturated rings. The van der Waals surface area contributed by atoms with E-state index in [2.05, 4.69) is 6.07 Å². The van der Waals surface area contributed by atoms with Crippen LogP contribution in [0.3, 0.4) is 0 Å². The van der Waals surface area contributed by atoms with E-state index in [1.165, 1.54) is 11.3 Å². The summed E-state index contributed by atoms with van der Waals surface area (Å²) in [6.45, 7) is 2.33. The summed E-state index contributed by atoms with van der Waals surface area (Å²) >= 11 is 1.28. The molecule has 0 aliphatic carbocycles. The highest BCUT2D eigenvalue weighted by molar-refractivity contribution is 7.07. The topological polar surface area (TPSA) is 93.7 Å². The lowest BCUT2D eigenvalue weighted by Gasteiger charge is -2.25. The number of esters is 1. The average Bonchev–Trinajstić information content (AvgIpc) is 3.38. The Bertz CT molecular complexity index is 2060. The minimum Gasteiger partial charge on any atom is -0.489 e. The van der Waals surface area contributed by atoms with Crippen molar-refractivity contribution in [2.24, 2.45) is 4.99 Å². The van der Waals surface area contributed by atoms with Crippen molar-refractivity contribution >= 4 is 29.1 Å². The largest absolute Gasteiger partial charge is 0.489 e. The summed E-state index contributed by atoms with van der Waals surface area (Å²) in [6.07, 6.45) is 1.83. The Kier molecular flexibility index (Phi) is 8.30. The minimum absolute atomic E-state index is 0.198. The molecule has 2 heterocycles. The monoisotopic (exact) mass is 597 g/mol. The van der Waals surface area contributed by atoms with Gasteiger partial charge in [-0.1, -0.05) is 96.3 Å². The molecule has 0 saturated heterocycles. The van der Waals surface area contributed by atoms with Gasteiger partial charge in [-0.05, 0) is 54.0 Å². The molecule has 0 N–H and O–H groups in total. The number of hydrogen-bond acceptors (Lipinski definition) is 7. The first-order valence-corrected chi connectivity index (χ1v) is 14.9. The van der Waals surface area contributed by atoms with Gasteiger partial charge in [0.2, 0.25) is 0 Å². The SMILES string of the molecule is CCOC(=O)C1=C(c2ccccc2)N=c2s/c(=C\c3ccc(OCc4ccc(C#N)cc4)cc3)c(=O)n2[C@@H]1c1ccccc1. The van der Waals surface area contributed by atoms with Crippen molar-refractivity contribution in [3.8, 4) is 11.8 Å². The van der Waals surface area contributed by atoms with E-state index in [1.807, 2.05) is 103 Å². The smallest absolute Gasteiger partial charge is 0.338 e. The van der Waals surface area contributed by atoms with E-state index >= 15 is 0 Å². The number of nitrogens with zero attached hydrogens (tertiary/aromatic N) is 3. The van der Waals surface area contributed by atoms with Crippen LogP contribution >= 0.6 is 11.3 Å². The zero-order valence-corrected chi connectivity index (χ0v) is 24.7. The van der Waals surface area contributed by atoms with E-state index in [0.29, 0.717) is 38.5 Å². The Morgan fingerprint density at radius 2 is 1.64 bits per heavy atom. The molecule has 0 radical (unpaired) electrons. The number of rotatable bonds is 8. The van der Waals surface area contributed by atoms with Crippen LogP contribution in [0.4, 0.5) is 0 Å². The Labute approximate surface area is 257 Å². The summed E-state index contributed by atoms with van der Waals surface area (Å²) in [4.78, 5) is 32.9. The maximum Gasteiger partial charge on any atom is 0.338 e. The molecule has 0 spiro atoms. The summed E-state index contributed by atoms with van der Waals surface area (Å²) in [7, 11) is 0. The van der Waals surface area contributed by atoms with E-state index in [9.17, 15) is 9.59 Å². The number of thiazole rings is 1. The highest BCUT2D eigenvalue weighted by Crippen LogP contribution is 2.35. The average molecular weight is 598 g/mol. The van der Waals surface area contributed by atoms with E-state index in [0.717, 1.165) is 22.3 Å². The molecule has 8 heteroatoms. The quantitative estimate of drug-likeness (QED) is 0.224. The molecule has 6 rings (SSSR count). The second-order valence-corrected chi connectivity index (χ2v) is 11.0. The van der Waals surface area contributed by atoms with E-state index in [1.54, 1.807) is 23.6 Å². The highest BCUT2D eigenvalue weighted by Gasteiger charge is 2.35. The molecule has 7 nitrogen and oxygen atoms in total. The number of carbonyl (C=O) groups is 1. The Hall–Kier alpha value is -5.52. The lowest BCUT2D eigenvalue weighted by molar-refractivity contribution is -0.138. The summed E-state index contributed by atoms with van der Waals surface area (Å²) in [5.74, 6) is 0.179. The van der Waals surface area contributed by atoms with Crippen LogP contribution in [0.5, 0.6) is 5.75 Å². The Balaban J connectivity index is 1.39. The number of carbonyl (C=O) groups excluding carboxylic acids is 1. The standard InChI is InChI=1S/C36H27N3O4S/c1-2-42-35(41)31-32(27-9-5-3-6-10-27)38-36-39(33(31)28-11-7-4-8-12-28)34(40)30(44-36)21-24-17-19-29(20-18-24)43-23-26-15-13-25(22-37)14-16-26/h3-21,33H,2,23H2,1H3/b30-21-/t33-/m1/s1. The van der Waals surface area contributed by atoms with Crippen LogP contribution in [0.25, 0.3) is 11.8 Å². The molecule has 4 aromatic carbocycles. The zero-order chi connectivity index (χ0) is 30.5. The van der Waals surface area contributed by atoms with Gasteiger partial charge >= 0.3 is 5.97 Å². The lowest BCUT2D eigenvalue weighted by Crippen LogP contribution is -2.39. The Morgan fingerprint density at radius 3 is 2.30 bits per heavy atom. The van der Waals surface area contributed by atoms with Crippen molar-refractivity contribution in [3.63, 3.8) is 0 Å². The fourth-order valence-corrected chi connectivity index (χ4v) is 6.05. The molecule has 1 aromatic heterocycles. The van der Waals surface area contributed by atoms with Gasteiger partial charge in [0.1, 0.15) is 12.4 Å². The van der Waals surface area contributed by atoms with Crippen LogP contribution in [0.1, 0.15) is 40.8 Å². The summed E-state index contributed by atoms with van der Waals surface area (Å²) in [6, 6.07) is 35.1. The summed E-state index contributed by atoms with van der Waals surface area (Å²) in [5.41, 5.74) is 4.52. The molecule has 5 aromatic rings. The third kappa shape index (κ3) is 5.87. The van der Waals surface area contributed by atoms with Crippen LogP contribution in [0.15, 0.2) is 125 Å². The molecule has 1 aliphatic heterocycles. The maximum absolute atomic E-state index is 14.0. The molecular weight excluding hydrogens is 570 g/mol. The molecule has 1 aliphatic rings. The molecule has 216 valence electrons. The van der Waals surface area contributed by atoms with Gasteiger partial charge in [-0.15, -0.1) is 0 Å². The first-order valence-electron chi connectivity index (χ1n) is 14.1. The van der Waals surface area contributed by atoms with Gasteiger partial charge in [0.15, 0.2) is 4.80 Å². The van der Waals surface area contributed by atoms with Gasteiger partial charge in [-0.25, -0.2) is 9.79 Å². The number of ether oxygens (including phenoxy) is 2. The van der Waals surface area contributed by atoms with E-state index < -0.39 is 12.0 Å². The third-order valence-corrected chi connectivity index (χ3v) is 8.14. The highest BCUT2D eigenvalue weighted by atomic mass is 32.1. The molecule has 0 bridgehead atoms. The second-order valence-electron chi connectivity index (χ2n) is 10.0. The normalized spacial score (nSPS) is 14.4. The van der Waals surface area contributed by atoms with Crippen molar-refractivity contribution in [1.82, 2.24) is 4.57 Å². The molecule has 0 amide bonds. The van der Waals surface area contributed by atoms with Gasteiger partial charge in [0.05, 0.1) is 40.1 Å². The van der Waals surface area contributed by atoms with Gasteiger partial charge in [0, 0.05) is 5.56 Å². The second kappa shape index (κ2) is 12.8. The number of fused-ring (bicyclic) bond motifs is 1. The van der Waals surface area contributed by atoms with Gasteiger partial charge in [0.25, 0.3) is 5.56 Å². The summed E-state index contributed by atoms with van der Waals surface area (Å²) < 4.78 is 13.5. The third-order valence-electron chi connectivity index (χ3n) is 7.16. The number of aromatic nitrogens is 1. The van der Waals surface area contributed by atoms with Gasteiger partial charge in [-0.3, -0.25) is 9.36 Å². The van der Waals surface area contributed by atoms with E-state index in [4.69, 9.17) is 19.7 Å². The summed E-state index contributed by atoms with van der Waals surface area (Å²) in [5, 5.41) is 8.98. The Morgan fingerprint density at radius 1 is 0.955 bits per heavy atom. The number of nitriles is 1. The van der Waals surface area contributed by atoms with Crippen molar-refractivity contribution in [3.05, 3.63) is 162 Å². The lowest BCUT2D eigenvalue weighted by atomic mass is 9.93. The fraction of sp³-hybridized carbons (Fsp3) is 0.111. The van der Waals surface area contributed by atoms with Crippen molar-refractivity contribution in [2.75, 3.05) is 6.61 Å². The van der Waals surface area contributed by atoms with Gasteiger partial charge in [-0.2, -0.15) is 5.26 Å².